The molecule has 0 spiro atoms. The molecule has 0 saturated carbocycles. The van der Waals surface area contributed by atoms with Crippen molar-refractivity contribution in [2.75, 3.05) is 13.2 Å². The summed E-state index contributed by atoms with van der Waals surface area (Å²) in [5.41, 5.74) is 0.729. The van der Waals surface area contributed by atoms with Gasteiger partial charge in [-0.05, 0) is 12.5 Å². The third-order valence-electron chi connectivity index (χ3n) is 3.60. The Morgan fingerprint density at radius 3 is 2.46 bits per heavy atom. The third kappa shape index (κ3) is 3.63. The molecular formula is C16H20O8. The Labute approximate surface area is 138 Å². The van der Waals surface area contributed by atoms with Crippen molar-refractivity contribution >= 4 is 11.8 Å². The molecular weight excluding hydrogens is 320 g/mol. The van der Waals surface area contributed by atoms with Crippen LogP contribution in [0.1, 0.15) is 12.5 Å². The van der Waals surface area contributed by atoms with E-state index < -0.39 is 49.1 Å². The maximum absolute atomic E-state index is 12.1. The van der Waals surface area contributed by atoms with Gasteiger partial charge in [0.1, 0.15) is 6.10 Å². The second-order valence-electron chi connectivity index (χ2n) is 5.46. The minimum absolute atomic E-state index is 0.0371. The van der Waals surface area contributed by atoms with Gasteiger partial charge in [0.2, 0.25) is 0 Å². The fraction of sp³-hybridized carbons (Fsp3) is 0.500. The minimum atomic E-state index is -2.21. The summed E-state index contributed by atoms with van der Waals surface area (Å²) in [5.74, 6) is -4.46. The molecule has 1 aliphatic rings. The first-order valence-electron chi connectivity index (χ1n) is 7.45. The summed E-state index contributed by atoms with van der Waals surface area (Å²) < 4.78 is 15.8. The molecule has 24 heavy (non-hydrogen) atoms. The lowest BCUT2D eigenvalue weighted by Gasteiger charge is -2.36. The van der Waals surface area contributed by atoms with Gasteiger partial charge in [-0.2, -0.15) is 0 Å². The zero-order chi connectivity index (χ0) is 17.7. The maximum atomic E-state index is 12.1. The quantitative estimate of drug-likeness (QED) is 0.413. The number of cyclic esters (lactones) is 1. The van der Waals surface area contributed by atoms with Crippen molar-refractivity contribution in [2.24, 2.45) is 0 Å². The van der Waals surface area contributed by atoms with Crippen LogP contribution in [-0.2, 0) is 30.4 Å². The average Bonchev–Trinajstić information content (AvgIpc) is 2.84. The zero-order valence-electron chi connectivity index (χ0n) is 13.1. The van der Waals surface area contributed by atoms with Crippen LogP contribution in [0, 0.1) is 0 Å². The molecule has 0 aromatic heterocycles. The number of carbonyl (C=O) groups excluding carboxylic acids is 2. The normalized spacial score (nSPS) is 26.2. The van der Waals surface area contributed by atoms with E-state index in [0.717, 1.165) is 5.56 Å². The predicted octanol–water partition coefficient (Wildman–Crippen LogP) is -0.855. The molecule has 0 radical (unpaired) electrons. The topological polar surface area (TPSA) is 123 Å². The number of ketones is 1. The van der Waals surface area contributed by atoms with Crippen LogP contribution in [-0.4, -0.2) is 64.4 Å². The van der Waals surface area contributed by atoms with Crippen molar-refractivity contribution in [2.45, 2.75) is 37.6 Å². The molecule has 8 nitrogen and oxygen atoms in total. The molecule has 132 valence electrons. The number of carbonyl (C=O) groups is 2. The molecule has 3 N–H and O–H groups in total. The zero-order valence-corrected chi connectivity index (χ0v) is 13.1. The average molecular weight is 340 g/mol. The van der Waals surface area contributed by atoms with E-state index in [1.807, 2.05) is 6.07 Å². The Hall–Kier alpha value is -1.84. The van der Waals surface area contributed by atoms with Crippen LogP contribution < -0.4 is 0 Å². The van der Waals surface area contributed by atoms with Crippen LogP contribution in [0.5, 0.6) is 0 Å². The van der Waals surface area contributed by atoms with Gasteiger partial charge in [-0.1, -0.05) is 30.3 Å². The Bertz CT molecular complexity index is 575. The van der Waals surface area contributed by atoms with Gasteiger partial charge < -0.3 is 29.5 Å². The van der Waals surface area contributed by atoms with Crippen LogP contribution >= 0.6 is 0 Å². The largest absolute Gasteiger partial charge is 0.421 e. The summed E-state index contributed by atoms with van der Waals surface area (Å²) in [6.45, 7) is 0.141. The molecule has 2 rings (SSSR count). The molecule has 4 atom stereocenters. The molecule has 1 saturated heterocycles. The molecule has 1 fully saturated rings. The van der Waals surface area contributed by atoms with E-state index in [0.29, 0.717) is 0 Å². The Morgan fingerprint density at radius 2 is 1.88 bits per heavy atom. The predicted molar refractivity (Wildman–Crippen MR) is 79.6 cm³/mol. The van der Waals surface area contributed by atoms with E-state index in [9.17, 15) is 19.8 Å². The Morgan fingerprint density at radius 1 is 1.21 bits per heavy atom. The lowest BCUT2D eigenvalue weighted by atomic mass is 10.0. The van der Waals surface area contributed by atoms with Crippen molar-refractivity contribution in [1.82, 2.24) is 0 Å². The lowest BCUT2D eigenvalue weighted by Crippen LogP contribution is -2.57. The standard InChI is InChI=1S/C16H20O8/c1-10(7-17)23-16(12(19)8-18)14(13(20)15(21)24-16)22-9-11-5-3-2-4-6-11/h2-6,10,12,14,17-19H,7-9H2,1H3/t10?,12-,14?,16+/m0/s1. The highest BCUT2D eigenvalue weighted by atomic mass is 16.8. The number of benzene rings is 1. The molecule has 1 aromatic rings. The van der Waals surface area contributed by atoms with Gasteiger partial charge in [-0.15, -0.1) is 0 Å². The number of Topliss-reactive ketones (excluding diaryl/α,β-unsaturated/α-hetero) is 1. The third-order valence-corrected chi connectivity index (χ3v) is 3.60. The van der Waals surface area contributed by atoms with Crippen LogP contribution in [0.15, 0.2) is 30.3 Å². The van der Waals surface area contributed by atoms with Crippen LogP contribution in [0.3, 0.4) is 0 Å². The highest BCUT2D eigenvalue weighted by molar-refractivity contribution is 6.37. The van der Waals surface area contributed by atoms with E-state index in [1.54, 1.807) is 24.3 Å². The van der Waals surface area contributed by atoms with Crippen molar-refractivity contribution in [1.29, 1.82) is 0 Å². The molecule has 1 heterocycles. The summed E-state index contributed by atoms with van der Waals surface area (Å²) in [5, 5.41) is 28.5. The van der Waals surface area contributed by atoms with Gasteiger partial charge in [0.25, 0.3) is 11.6 Å². The smallest absolute Gasteiger partial charge is 0.380 e. The van der Waals surface area contributed by atoms with Crippen LogP contribution in [0.25, 0.3) is 0 Å². The summed E-state index contributed by atoms with van der Waals surface area (Å²) in [6.07, 6.45) is -4.16. The molecule has 2 unspecified atom stereocenters. The second-order valence-corrected chi connectivity index (χ2v) is 5.46. The number of esters is 1. The highest BCUT2D eigenvalue weighted by Crippen LogP contribution is 2.34. The number of hydrogen-bond acceptors (Lipinski definition) is 8. The molecule has 0 aliphatic carbocycles. The Kier molecular flexibility index (Phi) is 6.03. The number of rotatable bonds is 8. The van der Waals surface area contributed by atoms with E-state index in [1.165, 1.54) is 6.92 Å². The molecule has 8 heteroatoms. The molecule has 0 amide bonds. The summed E-state index contributed by atoms with van der Waals surface area (Å²) in [7, 11) is 0. The first-order chi connectivity index (χ1) is 11.4. The SMILES string of the molecule is CC(CO)O[C@]1([C@@H](O)CO)OC(=O)C(=O)C1OCc1ccccc1. The Balaban J connectivity index is 2.27. The van der Waals surface area contributed by atoms with Gasteiger partial charge >= 0.3 is 5.97 Å². The van der Waals surface area contributed by atoms with E-state index in [2.05, 4.69) is 0 Å². The number of ether oxygens (including phenoxy) is 3. The van der Waals surface area contributed by atoms with Crippen LogP contribution in [0.4, 0.5) is 0 Å². The van der Waals surface area contributed by atoms with Gasteiger partial charge in [-0.25, -0.2) is 4.79 Å². The van der Waals surface area contributed by atoms with Gasteiger partial charge in [-0.3, -0.25) is 4.79 Å². The number of aliphatic hydroxyl groups is 3. The number of hydrogen-bond donors (Lipinski definition) is 3. The van der Waals surface area contributed by atoms with Gasteiger partial charge in [0.15, 0.2) is 6.10 Å². The van der Waals surface area contributed by atoms with Crippen molar-refractivity contribution in [3.8, 4) is 0 Å². The maximum Gasteiger partial charge on any atom is 0.380 e. The van der Waals surface area contributed by atoms with E-state index >= 15 is 0 Å². The number of aliphatic hydroxyl groups excluding tert-OH is 3. The first-order valence-corrected chi connectivity index (χ1v) is 7.45. The van der Waals surface area contributed by atoms with Crippen molar-refractivity contribution in [3.63, 3.8) is 0 Å². The van der Waals surface area contributed by atoms with Gasteiger partial charge in [0.05, 0.1) is 25.9 Å². The van der Waals surface area contributed by atoms with E-state index in [4.69, 9.17) is 19.3 Å². The lowest BCUT2D eigenvalue weighted by molar-refractivity contribution is -0.310. The fourth-order valence-electron chi connectivity index (χ4n) is 2.37. The first kappa shape index (κ1) is 18.5. The minimum Gasteiger partial charge on any atom is -0.421 e. The van der Waals surface area contributed by atoms with Crippen LogP contribution in [0.2, 0.25) is 0 Å². The van der Waals surface area contributed by atoms with E-state index in [-0.39, 0.29) is 6.61 Å². The van der Waals surface area contributed by atoms with Gasteiger partial charge in [0, 0.05) is 0 Å². The molecule has 1 aromatic carbocycles. The summed E-state index contributed by atoms with van der Waals surface area (Å²) in [4.78, 5) is 23.8. The summed E-state index contributed by atoms with van der Waals surface area (Å²) >= 11 is 0. The molecule has 0 bridgehead atoms. The second kappa shape index (κ2) is 7.82. The van der Waals surface area contributed by atoms with Crippen molar-refractivity contribution < 1.29 is 39.1 Å². The fourth-order valence-corrected chi connectivity index (χ4v) is 2.37. The molecule has 1 aliphatic heterocycles. The highest BCUT2D eigenvalue weighted by Gasteiger charge is 2.62. The summed E-state index contributed by atoms with van der Waals surface area (Å²) in [6, 6.07) is 8.86. The van der Waals surface area contributed by atoms with Crippen molar-refractivity contribution in [3.05, 3.63) is 35.9 Å². The monoisotopic (exact) mass is 340 g/mol.